The van der Waals surface area contributed by atoms with Crippen molar-refractivity contribution in [3.8, 4) is 5.88 Å². The molecule has 1 aliphatic heterocycles. The number of carbonyl (C=O) groups is 1. The Morgan fingerprint density at radius 2 is 2.00 bits per heavy atom. The predicted molar refractivity (Wildman–Crippen MR) is 92.9 cm³/mol. The van der Waals surface area contributed by atoms with Crippen molar-refractivity contribution in [3.05, 3.63) is 27.8 Å². The quantitative estimate of drug-likeness (QED) is 0.841. The predicted octanol–water partition coefficient (Wildman–Crippen LogP) is 1.91. The fourth-order valence-corrected chi connectivity index (χ4v) is 3.58. The second-order valence-corrected chi connectivity index (χ2v) is 6.76. The number of rotatable bonds is 4. The molecule has 1 fully saturated rings. The number of thiazole rings is 1. The van der Waals surface area contributed by atoms with Gasteiger partial charge in [0.1, 0.15) is 4.88 Å². The maximum atomic E-state index is 12.6. The monoisotopic (exact) mass is 347 g/mol. The summed E-state index contributed by atoms with van der Waals surface area (Å²) < 4.78 is 5.42. The molecule has 2 aromatic rings. The molecule has 1 amide bonds. The van der Waals surface area contributed by atoms with Gasteiger partial charge in [0.15, 0.2) is 0 Å². The van der Waals surface area contributed by atoms with Crippen LogP contribution in [0.25, 0.3) is 0 Å². The van der Waals surface area contributed by atoms with E-state index < -0.39 is 0 Å². The topological polar surface area (TPSA) is 71.5 Å². The molecule has 7 nitrogen and oxygen atoms in total. The van der Waals surface area contributed by atoms with Crippen molar-refractivity contribution >= 4 is 23.2 Å². The molecular weight excluding hydrogens is 326 g/mol. The van der Waals surface area contributed by atoms with E-state index >= 15 is 0 Å². The third-order valence-corrected chi connectivity index (χ3v) is 4.92. The molecule has 0 N–H and O–H groups in total. The van der Waals surface area contributed by atoms with Crippen molar-refractivity contribution in [3.63, 3.8) is 0 Å². The molecule has 0 atom stereocenters. The highest BCUT2D eigenvalue weighted by molar-refractivity contribution is 7.13. The van der Waals surface area contributed by atoms with Crippen LogP contribution in [0.2, 0.25) is 0 Å². The number of hydrogen-bond acceptors (Lipinski definition) is 7. The number of nitrogens with zero attached hydrogens (tertiary/aromatic N) is 5. The Kier molecular flexibility index (Phi) is 4.94. The van der Waals surface area contributed by atoms with E-state index in [-0.39, 0.29) is 5.91 Å². The van der Waals surface area contributed by atoms with Gasteiger partial charge in [0.05, 0.1) is 17.3 Å². The Morgan fingerprint density at radius 3 is 2.62 bits per heavy atom. The summed E-state index contributed by atoms with van der Waals surface area (Å²) in [6, 6.07) is 1.75. The minimum Gasteiger partial charge on any atom is -0.478 e. The van der Waals surface area contributed by atoms with E-state index in [2.05, 4.69) is 19.9 Å². The first-order chi connectivity index (χ1) is 11.6. The average Bonchev–Trinajstić information content (AvgIpc) is 2.93. The molecule has 0 bridgehead atoms. The zero-order valence-electron chi connectivity index (χ0n) is 14.2. The van der Waals surface area contributed by atoms with E-state index in [1.807, 2.05) is 25.7 Å². The molecule has 1 saturated heterocycles. The van der Waals surface area contributed by atoms with E-state index in [1.165, 1.54) is 11.3 Å². The summed E-state index contributed by atoms with van der Waals surface area (Å²) in [5.41, 5.74) is 0.817. The van der Waals surface area contributed by atoms with Crippen molar-refractivity contribution in [1.29, 1.82) is 0 Å². The number of carbonyl (C=O) groups excluding carboxylic acids is 1. The lowest BCUT2D eigenvalue weighted by Crippen LogP contribution is -2.49. The van der Waals surface area contributed by atoms with Gasteiger partial charge in [0, 0.05) is 38.4 Å². The molecule has 0 spiro atoms. The van der Waals surface area contributed by atoms with Gasteiger partial charge in [-0.25, -0.2) is 9.97 Å². The Bertz CT molecular complexity index is 725. The highest BCUT2D eigenvalue weighted by Gasteiger charge is 2.26. The normalized spacial score (nSPS) is 14.8. The number of amides is 1. The van der Waals surface area contributed by atoms with Crippen LogP contribution < -0.4 is 9.64 Å². The standard InChI is InChI=1S/C16H21N5O2S/c1-4-23-13-5-6-17-16(19-13)21-9-7-20(8-10-21)15(22)14-11(2)18-12(3)24-14/h5-6H,4,7-10H2,1-3H3. The molecule has 0 aromatic carbocycles. The minimum absolute atomic E-state index is 0.0711. The smallest absolute Gasteiger partial charge is 0.265 e. The molecule has 24 heavy (non-hydrogen) atoms. The third-order valence-electron chi connectivity index (χ3n) is 3.86. The lowest BCUT2D eigenvalue weighted by atomic mass is 10.3. The molecule has 0 unspecified atom stereocenters. The largest absolute Gasteiger partial charge is 0.478 e. The summed E-state index contributed by atoms with van der Waals surface area (Å²) >= 11 is 1.46. The summed E-state index contributed by atoms with van der Waals surface area (Å²) in [7, 11) is 0. The van der Waals surface area contributed by atoms with E-state index in [0.717, 1.165) is 15.6 Å². The number of aromatic nitrogens is 3. The zero-order valence-corrected chi connectivity index (χ0v) is 15.0. The fourth-order valence-electron chi connectivity index (χ4n) is 2.70. The zero-order chi connectivity index (χ0) is 17.1. The summed E-state index contributed by atoms with van der Waals surface area (Å²) in [5.74, 6) is 1.30. The van der Waals surface area contributed by atoms with Crippen LogP contribution >= 0.6 is 11.3 Å². The Morgan fingerprint density at radius 1 is 1.25 bits per heavy atom. The Balaban J connectivity index is 1.64. The molecule has 0 aliphatic carbocycles. The second kappa shape index (κ2) is 7.12. The van der Waals surface area contributed by atoms with Crippen LogP contribution in [0.15, 0.2) is 12.3 Å². The second-order valence-electron chi connectivity index (χ2n) is 5.55. The molecule has 1 aliphatic rings. The van der Waals surface area contributed by atoms with Crippen LogP contribution in [0, 0.1) is 13.8 Å². The van der Waals surface area contributed by atoms with Gasteiger partial charge in [-0.3, -0.25) is 4.79 Å². The number of aryl methyl sites for hydroxylation is 2. The van der Waals surface area contributed by atoms with Crippen molar-refractivity contribution in [2.24, 2.45) is 0 Å². The van der Waals surface area contributed by atoms with E-state index in [1.54, 1.807) is 12.3 Å². The van der Waals surface area contributed by atoms with Crippen molar-refractivity contribution in [1.82, 2.24) is 19.9 Å². The first-order valence-corrected chi connectivity index (χ1v) is 8.84. The highest BCUT2D eigenvalue weighted by atomic mass is 32.1. The summed E-state index contributed by atoms with van der Waals surface area (Å²) in [5, 5.41) is 0.927. The first kappa shape index (κ1) is 16.6. The first-order valence-electron chi connectivity index (χ1n) is 8.02. The van der Waals surface area contributed by atoms with E-state index in [0.29, 0.717) is 44.6 Å². The molecular formula is C16H21N5O2S. The van der Waals surface area contributed by atoms with Gasteiger partial charge in [-0.1, -0.05) is 0 Å². The van der Waals surface area contributed by atoms with Crippen LogP contribution in [0.4, 0.5) is 5.95 Å². The Hall–Kier alpha value is -2.22. The molecule has 2 aromatic heterocycles. The van der Waals surface area contributed by atoms with Gasteiger partial charge < -0.3 is 14.5 Å². The Labute approximate surface area is 145 Å². The molecule has 0 radical (unpaired) electrons. The summed E-state index contributed by atoms with van der Waals surface area (Å²) in [6.45, 7) is 9.03. The maximum Gasteiger partial charge on any atom is 0.265 e. The minimum atomic E-state index is 0.0711. The van der Waals surface area contributed by atoms with Crippen molar-refractivity contribution in [2.75, 3.05) is 37.7 Å². The summed E-state index contributed by atoms with van der Waals surface area (Å²) in [4.78, 5) is 30.4. The van der Waals surface area contributed by atoms with Crippen LogP contribution in [-0.2, 0) is 0 Å². The fraction of sp³-hybridized carbons (Fsp3) is 0.500. The van der Waals surface area contributed by atoms with Crippen molar-refractivity contribution < 1.29 is 9.53 Å². The van der Waals surface area contributed by atoms with Gasteiger partial charge in [-0.2, -0.15) is 4.98 Å². The van der Waals surface area contributed by atoms with Crippen molar-refractivity contribution in [2.45, 2.75) is 20.8 Å². The molecule has 3 rings (SSSR count). The number of piperazine rings is 1. The van der Waals surface area contributed by atoms with Crippen LogP contribution in [0.3, 0.4) is 0 Å². The molecule has 0 saturated carbocycles. The van der Waals surface area contributed by atoms with E-state index in [4.69, 9.17) is 4.74 Å². The highest BCUT2D eigenvalue weighted by Crippen LogP contribution is 2.21. The lowest BCUT2D eigenvalue weighted by molar-refractivity contribution is 0.0750. The summed E-state index contributed by atoms with van der Waals surface area (Å²) in [6.07, 6.45) is 1.70. The molecule has 3 heterocycles. The third kappa shape index (κ3) is 3.48. The van der Waals surface area contributed by atoms with Gasteiger partial charge >= 0.3 is 0 Å². The molecule has 8 heteroatoms. The van der Waals surface area contributed by atoms with Crippen LogP contribution in [0.1, 0.15) is 27.3 Å². The molecule has 128 valence electrons. The van der Waals surface area contributed by atoms with Gasteiger partial charge in [0.2, 0.25) is 11.8 Å². The van der Waals surface area contributed by atoms with Crippen LogP contribution in [0.5, 0.6) is 5.88 Å². The van der Waals surface area contributed by atoms with Gasteiger partial charge in [-0.05, 0) is 20.8 Å². The van der Waals surface area contributed by atoms with Gasteiger partial charge in [0.25, 0.3) is 5.91 Å². The van der Waals surface area contributed by atoms with E-state index in [9.17, 15) is 4.79 Å². The number of anilines is 1. The number of ether oxygens (including phenoxy) is 1. The van der Waals surface area contributed by atoms with Gasteiger partial charge in [-0.15, -0.1) is 11.3 Å². The lowest BCUT2D eigenvalue weighted by Gasteiger charge is -2.34. The van der Waals surface area contributed by atoms with Crippen LogP contribution in [-0.4, -0.2) is 58.5 Å². The number of hydrogen-bond donors (Lipinski definition) is 0. The average molecular weight is 347 g/mol. The SMILES string of the molecule is CCOc1ccnc(N2CCN(C(=O)c3sc(C)nc3C)CC2)n1. The maximum absolute atomic E-state index is 12.6.